The number of hydrogen-bond donors (Lipinski definition) is 2. The van der Waals surface area contributed by atoms with E-state index >= 15 is 0 Å². The third-order valence-electron chi connectivity index (χ3n) is 3.58. The number of thiocarbonyl (C=S) groups is 1. The first-order valence-corrected chi connectivity index (χ1v) is 7.14. The molecule has 1 aliphatic heterocycles. The van der Waals surface area contributed by atoms with Gasteiger partial charge in [0.25, 0.3) is 0 Å². The Balaban J connectivity index is 2.26. The van der Waals surface area contributed by atoms with Crippen LogP contribution in [0.5, 0.6) is 0 Å². The normalized spacial score (nSPS) is 26.7. The van der Waals surface area contributed by atoms with Crippen molar-refractivity contribution < 1.29 is 9.53 Å². The Bertz CT molecular complexity index is 443. The van der Waals surface area contributed by atoms with Crippen molar-refractivity contribution in [2.45, 2.75) is 39.2 Å². The number of ether oxygens (including phenoxy) is 1. The van der Waals surface area contributed by atoms with E-state index in [4.69, 9.17) is 17.0 Å². The minimum absolute atomic E-state index is 0.0438. The van der Waals surface area contributed by atoms with E-state index in [1.54, 1.807) is 0 Å². The largest absolute Gasteiger partial charge is 0.463 e. The fraction of sp³-hybridized carbons (Fsp3) is 0.571. The molecule has 2 rings (SSSR count). The lowest BCUT2D eigenvalue weighted by atomic mass is 9.82. The molecule has 0 fully saturated rings. The predicted octanol–water partition coefficient (Wildman–Crippen LogP) is 2.03. The van der Waals surface area contributed by atoms with Gasteiger partial charge in [-0.25, -0.2) is 4.79 Å². The van der Waals surface area contributed by atoms with Crippen molar-refractivity contribution in [2.75, 3.05) is 6.61 Å². The summed E-state index contributed by atoms with van der Waals surface area (Å²) in [6.45, 7) is 4.09. The van der Waals surface area contributed by atoms with Gasteiger partial charge in [-0.3, -0.25) is 0 Å². The first-order valence-electron chi connectivity index (χ1n) is 6.74. The van der Waals surface area contributed by atoms with E-state index in [1.807, 2.05) is 13.8 Å². The molecule has 0 aromatic heterocycles. The Kier molecular flexibility index (Phi) is 4.58. The van der Waals surface area contributed by atoms with Crippen LogP contribution in [-0.4, -0.2) is 23.7 Å². The van der Waals surface area contributed by atoms with Gasteiger partial charge in [0.1, 0.15) is 0 Å². The molecule has 0 spiro atoms. The average Bonchev–Trinajstić information content (AvgIpc) is 2.39. The highest BCUT2D eigenvalue weighted by atomic mass is 32.1. The van der Waals surface area contributed by atoms with Gasteiger partial charge in [-0.2, -0.15) is 0 Å². The number of hydrogen-bond acceptors (Lipinski definition) is 3. The summed E-state index contributed by atoms with van der Waals surface area (Å²) < 4.78 is 5.17. The molecule has 2 unspecified atom stereocenters. The summed E-state index contributed by atoms with van der Waals surface area (Å²) in [4.78, 5) is 12.1. The molecular formula is C14H20N2O2S. The van der Waals surface area contributed by atoms with Crippen LogP contribution in [0.1, 0.15) is 33.1 Å². The number of nitrogens with one attached hydrogen (secondary N) is 2. The Hall–Kier alpha value is -1.36. The molecule has 5 heteroatoms. The summed E-state index contributed by atoms with van der Waals surface area (Å²) in [5, 5.41) is 6.84. The van der Waals surface area contributed by atoms with Gasteiger partial charge < -0.3 is 15.4 Å². The topological polar surface area (TPSA) is 50.4 Å². The van der Waals surface area contributed by atoms with E-state index in [2.05, 4.69) is 22.8 Å². The van der Waals surface area contributed by atoms with Crippen molar-refractivity contribution in [2.24, 2.45) is 5.92 Å². The zero-order valence-electron chi connectivity index (χ0n) is 11.4. The van der Waals surface area contributed by atoms with Crippen molar-refractivity contribution in [3.8, 4) is 0 Å². The standard InChI is InChI=1S/C14H20N2O2S/c1-3-18-13(17)11-9(2)15-14(19)16-12(11)10-7-5-4-6-8-10/h4-5,10,12H,3,6-8H2,1-2H3,(H2,15,16,19). The third-order valence-corrected chi connectivity index (χ3v) is 3.80. The van der Waals surface area contributed by atoms with Crippen LogP contribution in [0.4, 0.5) is 0 Å². The SMILES string of the molecule is CCOC(=O)C1=C(C)NC(=S)NC1C1CC=CCC1. The van der Waals surface area contributed by atoms with Gasteiger partial charge in [0.2, 0.25) is 0 Å². The molecule has 0 amide bonds. The van der Waals surface area contributed by atoms with Crippen LogP contribution < -0.4 is 10.6 Å². The smallest absolute Gasteiger partial charge is 0.337 e. The predicted molar refractivity (Wildman–Crippen MR) is 78.5 cm³/mol. The highest BCUT2D eigenvalue weighted by molar-refractivity contribution is 7.80. The second kappa shape index (κ2) is 6.19. The van der Waals surface area contributed by atoms with Crippen LogP contribution in [0.3, 0.4) is 0 Å². The highest BCUT2D eigenvalue weighted by Crippen LogP contribution is 2.29. The van der Waals surface area contributed by atoms with Gasteiger partial charge in [-0.05, 0) is 51.2 Å². The maximum atomic E-state index is 12.1. The lowest BCUT2D eigenvalue weighted by Gasteiger charge is -2.35. The summed E-state index contributed by atoms with van der Waals surface area (Å²) in [7, 11) is 0. The Morgan fingerprint density at radius 1 is 1.53 bits per heavy atom. The van der Waals surface area contributed by atoms with Gasteiger partial charge in [0, 0.05) is 5.70 Å². The van der Waals surface area contributed by atoms with Crippen molar-refractivity contribution >= 4 is 23.3 Å². The molecule has 0 radical (unpaired) electrons. The quantitative estimate of drug-likeness (QED) is 0.470. The minimum Gasteiger partial charge on any atom is -0.463 e. The minimum atomic E-state index is -0.248. The van der Waals surface area contributed by atoms with Crippen molar-refractivity contribution in [3.05, 3.63) is 23.4 Å². The van der Waals surface area contributed by atoms with E-state index in [1.165, 1.54) is 0 Å². The molecule has 0 saturated carbocycles. The number of carbonyl (C=O) groups is 1. The average molecular weight is 280 g/mol. The lowest BCUT2D eigenvalue weighted by Crippen LogP contribution is -2.53. The van der Waals surface area contributed by atoms with Crippen molar-refractivity contribution in [1.82, 2.24) is 10.6 Å². The molecular weight excluding hydrogens is 260 g/mol. The van der Waals surface area contributed by atoms with Gasteiger partial charge in [-0.15, -0.1) is 0 Å². The molecule has 0 aromatic carbocycles. The summed E-state index contributed by atoms with van der Waals surface area (Å²) in [6.07, 6.45) is 7.46. The van der Waals surface area contributed by atoms with E-state index in [0.717, 1.165) is 25.0 Å². The summed E-state index contributed by atoms with van der Waals surface area (Å²) in [5.41, 5.74) is 1.50. The van der Waals surface area contributed by atoms with Crippen molar-refractivity contribution in [3.63, 3.8) is 0 Å². The fourth-order valence-corrected chi connectivity index (χ4v) is 2.96. The first kappa shape index (κ1) is 14.1. The Labute approximate surface area is 119 Å². The number of allylic oxidation sites excluding steroid dienone is 3. The second-order valence-electron chi connectivity index (χ2n) is 4.88. The van der Waals surface area contributed by atoms with Crippen LogP contribution in [-0.2, 0) is 9.53 Å². The lowest BCUT2D eigenvalue weighted by molar-refractivity contribution is -0.139. The summed E-state index contributed by atoms with van der Waals surface area (Å²) in [6, 6.07) is -0.0438. The zero-order chi connectivity index (χ0) is 13.8. The molecule has 0 bridgehead atoms. The molecule has 104 valence electrons. The Morgan fingerprint density at radius 3 is 2.95 bits per heavy atom. The van der Waals surface area contributed by atoms with Gasteiger partial charge in [-0.1, -0.05) is 12.2 Å². The highest BCUT2D eigenvalue weighted by Gasteiger charge is 2.34. The molecule has 0 saturated heterocycles. The molecule has 2 atom stereocenters. The maximum absolute atomic E-state index is 12.1. The van der Waals surface area contributed by atoms with E-state index in [0.29, 0.717) is 23.2 Å². The number of rotatable bonds is 3. The number of esters is 1. The van der Waals surface area contributed by atoms with Gasteiger partial charge in [0.05, 0.1) is 18.2 Å². The second-order valence-corrected chi connectivity index (χ2v) is 5.29. The summed E-state index contributed by atoms with van der Waals surface area (Å²) in [5.74, 6) is 0.140. The zero-order valence-corrected chi connectivity index (χ0v) is 12.2. The van der Waals surface area contributed by atoms with Crippen molar-refractivity contribution in [1.29, 1.82) is 0 Å². The number of carbonyl (C=O) groups excluding carboxylic acids is 1. The van der Waals surface area contributed by atoms with Crippen LogP contribution in [0.25, 0.3) is 0 Å². The van der Waals surface area contributed by atoms with E-state index in [9.17, 15) is 4.79 Å². The molecule has 1 heterocycles. The fourth-order valence-electron chi connectivity index (χ4n) is 2.68. The molecule has 0 aromatic rings. The van der Waals surface area contributed by atoms with Crippen LogP contribution in [0.15, 0.2) is 23.4 Å². The Morgan fingerprint density at radius 2 is 2.32 bits per heavy atom. The molecule has 4 nitrogen and oxygen atoms in total. The van der Waals surface area contributed by atoms with E-state index in [-0.39, 0.29) is 12.0 Å². The molecule has 1 aliphatic carbocycles. The van der Waals surface area contributed by atoms with Crippen LogP contribution >= 0.6 is 12.2 Å². The molecule has 2 aliphatic rings. The monoisotopic (exact) mass is 280 g/mol. The van der Waals surface area contributed by atoms with Crippen LogP contribution in [0.2, 0.25) is 0 Å². The van der Waals surface area contributed by atoms with E-state index < -0.39 is 0 Å². The van der Waals surface area contributed by atoms with Crippen LogP contribution in [0, 0.1) is 5.92 Å². The molecule has 19 heavy (non-hydrogen) atoms. The van der Waals surface area contributed by atoms with Gasteiger partial charge >= 0.3 is 5.97 Å². The van der Waals surface area contributed by atoms with Gasteiger partial charge in [0.15, 0.2) is 5.11 Å². The third kappa shape index (κ3) is 3.15. The molecule has 2 N–H and O–H groups in total. The first-order chi connectivity index (χ1) is 9.13. The maximum Gasteiger partial charge on any atom is 0.337 e. The summed E-state index contributed by atoms with van der Waals surface area (Å²) >= 11 is 5.21.